The quantitative estimate of drug-likeness (QED) is 0.573. The Hall–Kier alpha value is 0.620. The molecular formula is C14H23Br2NS. The SMILES string of the molecule is CC(C)CNCCC(C)CCc1cc(Br)c(Br)s1. The van der Waals surface area contributed by atoms with Crippen LogP contribution in [0.5, 0.6) is 0 Å². The van der Waals surface area contributed by atoms with E-state index < -0.39 is 0 Å². The second-order valence-electron chi connectivity index (χ2n) is 5.36. The van der Waals surface area contributed by atoms with Crippen molar-refractivity contribution in [2.24, 2.45) is 11.8 Å². The molecule has 0 amide bonds. The molecule has 0 saturated heterocycles. The maximum atomic E-state index is 3.55. The molecule has 1 unspecified atom stereocenters. The van der Waals surface area contributed by atoms with Gasteiger partial charge in [0.2, 0.25) is 0 Å². The molecule has 0 aromatic carbocycles. The van der Waals surface area contributed by atoms with E-state index in [-0.39, 0.29) is 0 Å². The summed E-state index contributed by atoms with van der Waals surface area (Å²) in [6.45, 7) is 9.15. The van der Waals surface area contributed by atoms with E-state index in [1.54, 1.807) is 0 Å². The van der Waals surface area contributed by atoms with Gasteiger partial charge in [0.05, 0.1) is 3.79 Å². The third kappa shape index (κ3) is 6.69. The summed E-state index contributed by atoms with van der Waals surface area (Å²) in [5.41, 5.74) is 0. The molecule has 0 bridgehead atoms. The standard InChI is InChI=1S/C14H23Br2NS/c1-10(2)9-17-7-6-11(3)4-5-12-8-13(15)14(16)18-12/h8,10-11,17H,4-7,9H2,1-3H3. The minimum Gasteiger partial charge on any atom is -0.316 e. The van der Waals surface area contributed by atoms with Crippen molar-refractivity contribution >= 4 is 43.2 Å². The summed E-state index contributed by atoms with van der Waals surface area (Å²) in [6.07, 6.45) is 3.75. The topological polar surface area (TPSA) is 12.0 Å². The van der Waals surface area contributed by atoms with Gasteiger partial charge in [-0.15, -0.1) is 11.3 Å². The summed E-state index contributed by atoms with van der Waals surface area (Å²) in [7, 11) is 0. The van der Waals surface area contributed by atoms with Crippen LogP contribution in [0.3, 0.4) is 0 Å². The molecule has 104 valence electrons. The Morgan fingerprint density at radius 2 is 1.94 bits per heavy atom. The van der Waals surface area contributed by atoms with Crippen LogP contribution in [-0.4, -0.2) is 13.1 Å². The zero-order valence-corrected chi connectivity index (χ0v) is 15.4. The molecule has 0 radical (unpaired) electrons. The van der Waals surface area contributed by atoms with Gasteiger partial charge in [0, 0.05) is 9.35 Å². The molecule has 1 nitrogen and oxygen atoms in total. The highest BCUT2D eigenvalue weighted by Gasteiger charge is 2.07. The van der Waals surface area contributed by atoms with E-state index in [1.807, 2.05) is 11.3 Å². The maximum absolute atomic E-state index is 3.55. The van der Waals surface area contributed by atoms with Gasteiger partial charge in [0.15, 0.2) is 0 Å². The zero-order valence-electron chi connectivity index (χ0n) is 11.4. The molecule has 1 heterocycles. The van der Waals surface area contributed by atoms with Crippen molar-refractivity contribution in [2.75, 3.05) is 13.1 Å². The Morgan fingerprint density at radius 3 is 2.50 bits per heavy atom. The van der Waals surface area contributed by atoms with E-state index in [9.17, 15) is 0 Å². The van der Waals surface area contributed by atoms with Crippen molar-refractivity contribution in [3.05, 3.63) is 19.2 Å². The monoisotopic (exact) mass is 395 g/mol. The van der Waals surface area contributed by atoms with Gasteiger partial charge >= 0.3 is 0 Å². The predicted molar refractivity (Wildman–Crippen MR) is 89.5 cm³/mol. The molecule has 18 heavy (non-hydrogen) atoms. The molecule has 1 aromatic heterocycles. The van der Waals surface area contributed by atoms with Gasteiger partial charge in [-0.2, -0.15) is 0 Å². The first-order valence-corrected chi connectivity index (χ1v) is 9.03. The summed E-state index contributed by atoms with van der Waals surface area (Å²) in [6, 6.07) is 2.23. The largest absolute Gasteiger partial charge is 0.316 e. The van der Waals surface area contributed by atoms with Crippen LogP contribution in [0.25, 0.3) is 0 Å². The number of nitrogens with one attached hydrogen (secondary N) is 1. The maximum Gasteiger partial charge on any atom is 0.0843 e. The highest BCUT2D eigenvalue weighted by molar-refractivity contribution is 9.13. The molecule has 0 aliphatic carbocycles. The second-order valence-corrected chi connectivity index (χ2v) is 8.67. The minimum absolute atomic E-state index is 0.751. The number of halogens is 2. The fourth-order valence-electron chi connectivity index (χ4n) is 1.79. The Balaban J connectivity index is 2.15. The summed E-state index contributed by atoms with van der Waals surface area (Å²) >= 11 is 8.93. The number of rotatable bonds is 8. The molecule has 1 N–H and O–H groups in total. The van der Waals surface area contributed by atoms with Crippen molar-refractivity contribution in [3.8, 4) is 0 Å². The number of thiophene rings is 1. The van der Waals surface area contributed by atoms with Gasteiger partial charge in [-0.05, 0) is 82.1 Å². The molecule has 1 aromatic rings. The molecule has 0 saturated carbocycles. The highest BCUT2D eigenvalue weighted by Crippen LogP contribution is 2.33. The van der Waals surface area contributed by atoms with Crippen LogP contribution >= 0.6 is 43.2 Å². The summed E-state index contributed by atoms with van der Waals surface area (Å²) in [4.78, 5) is 1.47. The third-order valence-corrected chi connectivity index (χ3v) is 6.26. The number of aryl methyl sites for hydroxylation is 1. The lowest BCUT2D eigenvalue weighted by molar-refractivity contribution is 0.455. The molecule has 0 spiro atoms. The van der Waals surface area contributed by atoms with Crippen LogP contribution in [0.15, 0.2) is 14.3 Å². The number of hydrogen-bond donors (Lipinski definition) is 1. The van der Waals surface area contributed by atoms with Gasteiger partial charge in [0.1, 0.15) is 0 Å². The van der Waals surface area contributed by atoms with Crippen LogP contribution in [0, 0.1) is 11.8 Å². The average Bonchev–Trinajstić information content (AvgIpc) is 2.61. The van der Waals surface area contributed by atoms with Crippen molar-refractivity contribution in [1.29, 1.82) is 0 Å². The molecule has 1 rings (SSSR count). The Labute approximate surface area is 132 Å². The van der Waals surface area contributed by atoms with Crippen LogP contribution < -0.4 is 5.32 Å². The zero-order chi connectivity index (χ0) is 13.5. The normalized spacial score (nSPS) is 13.2. The Kier molecular flexibility index (Phi) is 8.08. The molecule has 0 aliphatic rings. The summed E-state index contributed by atoms with van der Waals surface area (Å²) in [5, 5.41) is 3.51. The minimum atomic E-state index is 0.751. The Morgan fingerprint density at radius 1 is 1.22 bits per heavy atom. The van der Waals surface area contributed by atoms with Crippen molar-refractivity contribution in [2.45, 2.75) is 40.0 Å². The van der Waals surface area contributed by atoms with Crippen molar-refractivity contribution in [3.63, 3.8) is 0 Å². The molecule has 0 aliphatic heterocycles. The van der Waals surface area contributed by atoms with Crippen LogP contribution in [-0.2, 0) is 6.42 Å². The fourth-order valence-corrected chi connectivity index (χ4v) is 3.98. The van der Waals surface area contributed by atoms with Gasteiger partial charge < -0.3 is 5.32 Å². The lowest BCUT2D eigenvalue weighted by Gasteiger charge is -2.12. The summed E-state index contributed by atoms with van der Waals surface area (Å²) < 4.78 is 2.40. The van der Waals surface area contributed by atoms with Gasteiger partial charge in [-0.25, -0.2) is 0 Å². The van der Waals surface area contributed by atoms with E-state index in [0.29, 0.717) is 0 Å². The van der Waals surface area contributed by atoms with Crippen LogP contribution in [0.2, 0.25) is 0 Å². The van der Waals surface area contributed by atoms with E-state index >= 15 is 0 Å². The van der Waals surface area contributed by atoms with E-state index in [0.717, 1.165) is 24.9 Å². The molecular weight excluding hydrogens is 374 g/mol. The van der Waals surface area contributed by atoms with Gasteiger partial charge in [-0.1, -0.05) is 20.8 Å². The van der Waals surface area contributed by atoms with E-state index in [2.05, 4.69) is 64.0 Å². The average molecular weight is 397 g/mol. The smallest absolute Gasteiger partial charge is 0.0843 e. The van der Waals surface area contributed by atoms with E-state index in [1.165, 1.54) is 32.4 Å². The van der Waals surface area contributed by atoms with Crippen molar-refractivity contribution in [1.82, 2.24) is 5.32 Å². The third-order valence-electron chi connectivity index (χ3n) is 2.95. The molecule has 0 fully saturated rings. The first-order chi connectivity index (χ1) is 8.49. The highest BCUT2D eigenvalue weighted by atomic mass is 79.9. The summed E-state index contributed by atoms with van der Waals surface area (Å²) in [5.74, 6) is 1.55. The van der Waals surface area contributed by atoms with Gasteiger partial charge in [-0.3, -0.25) is 0 Å². The van der Waals surface area contributed by atoms with Crippen molar-refractivity contribution < 1.29 is 0 Å². The lowest BCUT2D eigenvalue weighted by Crippen LogP contribution is -2.22. The molecule has 4 heteroatoms. The van der Waals surface area contributed by atoms with Crippen LogP contribution in [0.1, 0.15) is 38.5 Å². The lowest BCUT2D eigenvalue weighted by atomic mass is 10.0. The van der Waals surface area contributed by atoms with E-state index in [4.69, 9.17) is 0 Å². The van der Waals surface area contributed by atoms with Gasteiger partial charge in [0.25, 0.3) is 0 Å². The Bertz CT molecular complexity index is 330. The second kappa shape index (κ2) is 8.72. The molecule has 1 atom stereocenters. The predicted octanol–water partition coefficient (Wildman–Crippen LogP) is 5.48. The first-order valence-electron chi connectivity index (χ1n) is 6.63. The fraction of sp³-hybridized carbons (Fsp3) is 0.714. The number of hydrogen-bond acceptors (Lipinski definition) is 2. The van der Waals surface area contributed by atoms with Crippen LogP contribution in [0.4, 0.5) is 0 Å². The first kappa shape index (κ1) is 16.7.